The highest BCUT2D eigenvalue weighted by atomic mass is 16.5. The number of hydrogen-bond donors (Lipinski definition) is 1. The van der Waals surface area contributed by atoms with Crippen LogP contribution in [0.1, 0.15) is 25.2 Å². The highest BCUT2D eigenvalue weighted by molar-refractivity contribution is 5.77. The van der Waals surface area contributed by atoms with Crippen molar-refractivity contribution in [1.29, 1.82) is 0 Å². The first kappa shape index (κ1) is 15.6. The lowest BCUT2D eigenvalue weighted by Gasteiger charge is -2.24. The summed E-state index contributed by atoms with van der Waals surface area (Å²) < 4.78 is 5.22. The summed E-state index contributed by atoms with van der Waals surface area (Å²) in [5, 5.41) is 7.07. The highest BCUT2D eigenvalue weighted by Crippen LogP contribution is 2.19. The molecule has 1 atom stereocenters. The van der Waals surface area contributed by atoms with Crippen molar-refractivity contribution in [2.45, 2.75) is 31.7 Å². The van der Waals surface area contributed by atoms with Gasteiger partial charge in [-0.15, -0.1) is 0 Å². The van der Waals surface area contributed by atoms with Gasteiger partial charge in [-0.05, 0) is 32.0 Å². The third kappa shape index (κ3) is 3.73. The molecule has 1 unspecified atom stereocenters. The van der Waals surface area contributed by atoms with E-state index in [0.29, 0.717) is 36.3 Å². The first-order valence-corrected chi connectivity index (χ1v) is 7.96. The number of nitrogens with zero attached hydrogens (tertiary/aromatic N) is 4. The number of aryl methyl sites for hydroxylation is 1. The summed E-state index contributed by atoms with van der Waals surface area (Å²) in [6, 6.07) is 5.84. The molecule has 0 saturated carbocycles. The number of nitrogens with one attached hydrogen (secondary N) is 1. The molecule has 1 aliphatic heterocycles. The van der Waals surface area contributed by atoms with E-state index in [1.165, 1.54) is 0 Å². The van der Waals surface area contributed by atoms with Crippen molar-refractivity contribution >= 4 is 5.91 Å². The molecule has 1 fully saturated rings. The largest absolute Gasteiger partial charge is 0.339 e. The van der Waals surface area contributed by atoms with Crippen LogP contribution >= 0.6 is 0 Å². The molecule has 1 saturated heterocycles. The maximum atomic E-state index is 12.4. The smallest absolute Gasteiger partial charge is 0.227 e. The van der Waals surface area contributed by atoms with E-state index in [1.54, 1.807) is 6.20 Å². The van der Waals surface area contributed by atoms with Crippen LogP contribution in [0.2, 0.25) is 0 Å². The number of aromatic nitrogens is 3. The average Bonchev–Trinajstić information content (AvgIpc) is 3.23. The van der Waals surface area contributed by atoms with E-state index >= 15 is 0 Å². The fraction of sp³-hybridized carbons (Fsp3) is 0.500. The van der Waals surface area contributed by atoms with Crippen molar-refractivity contribution in [3.63, 3.8) is 0 Å². The van der Waals surface area contributed by atoms with E-state index in [-0.39, 0.29) is 5.91 Å². The zero-order valence-corrected chi connectivity index (χ0v) is 13.2. The van der Waals surface area contributed by atoms with Crippen molar-refractivity contribution < 1.29 is 9.32 Å². The van der Waals surface area contributed by atoms with Crippen LogP contribution in [0.4, 0.5) is 0 Å². The third-order valence-corrected chi connectivity index (χ3v) is 4.05. The molecule has 3 rings (SSSR count). The lowest BCUT2D eigenvalue weighted by molar-refractivity contribution is -0.132. The molecule has 7 heteroatoms. The SMILES string of the molecule is CNCC1CCCN1C(=O)CCc1nc(-c2ccccn2)no1. The number of rotatable bonds is 6. The summed E-state index contributed by atoms with van der Waals surface area (Å²) in [7, 11) is 1.92. The van der Waals surface area contributed by atoms with Gasteiger partial charge in [-0.3, -0.25) is 9.78 Å². The number of pyridine rings is 1. The molecular weight excluding hydrogens is 294 g/mol. The van der Waals surface area contributed by atoms with Crippen LogP contribution in [0.25, 0.3) is 11.5 Å². The molecule has 7 nitrogen and oxygen atoms in total. The van der Waals surface area contributed by atoms with Crippen LogP contribution in [0.3, 0.4) is 0 Å². The van der Waals surface area contributed by atoms with Crippen LogP contribution < -0.4 is 5.32 Å². The molecule has 23 heavy (non-hydrogen) atoms. The van der Waals surface area contributed by atoms with Gasteiger partial charge in [0.25, 0.3) is 0 Å². The molecule has 2 aromatic heterocycles. The van der Waals surface area contributed by atoms with Gasteiger partial charge in [-0.2, -0.15) is 4.98 Å². The Morgan fingerprint density at radius 3 is 3.17 bits per heavy atom. The molecule has 0 bridgehead atoms. The van der Waals surface area contributed by atoms with E-state index in [1.807, 2.05) is 30.1 Å². The quantitative estimate of drug-likeness (QED) is 0.864. The second kappa shape index (κ2) is 7.32. The zero-order valence-electron chi connectivity index (χ0n) is 13.2. The molecule has 1 amide bonds. The second-order valence-corrected chi connectivity index (χ2v) is 5.67. The number of likely N-dealkylation sites (tertiary alicyclic amines) is 1. The predicted molar refractivity (Wildman–Crippen MR) is 84.5 cm³/mol. The monoisotopic (exact) mass is 315 g/mol. The van der Waals surface area contributed by atoms with E-state index in [9.17, 15) is 4.79 Å². The van der Waals surface area contributed by atoms with E-state index in [4.69, 9.17) is 4.52 Å². The van der Waals surface area contributed by atoms with Crippen LogP contribution in [0.5, 0.6) is 0 Å². The highest BCUT2D eigenvalue weighted by Gasteiger charge is 2.27. The van der Waals surface area contributed by atoms with Gasteiger partial charge in [0.1, 0.15) is 5.69 Å². The fourth-order valence-electron chi connectivity index (χ4n) is 2.92. The van der Waals surface area contributed by atoms with E-state index in [2.05, 4.69) is 20.4 Å². The maximum Gasteiger partial charge on any atom is 0.227 e. The number of carbonyl (C=O) groups excluding carboxylic acids is 1. The predicted octanol–water partition coefficient (Wildman–Crippen LogP) is 1.27. The number of likely N-dealkylation sites (N-methyl/N-ethyl adjacent to an activating group) is 1. The van der Waals surface area contributed by atoms with Gasteiger partial charge in [-0.25, -0.2) is 0 Å². The Balaban J connectivity index is 1.56. The van der Waals surface area contributed by atoms with Gasteiger partial charge in [0, 0.05) is 38.2 Å². The summed E-state index contributed by atoms with van der Waals surface area (Å²) in [5.41, 5.74) is 0.669. The van der Waals surface area contributed by atoms with Crippen molar-refractivity contribution in [3.8, 4) is 11.5 Å². The van der Waals surface area contributed by atoms with Gasteiger partial charge in [0.05, 0.1) is 0 Å². The molecule has 122 valence electrons. The molecule has 1 N–H and O–H groups in total. The number of carbonyl (C=O) groups is 1. The summed E-state index contributed by atoms with van der Waals surface area (Å²) in [4.78, 5) is 22.8. The lowest BCUT2D eigenvalue weighted by Crippen LogP contribution is -2.40. The minimum absolute atomic E-state index is 0.153. The molecule has 0 aromatic carbocycles. The van der Waals surface area contributed by atoms with E-state index < -0.39 is 0 Å². The maximum absolute atomic E-state index is 12.4. The Kier molecular flexibility index (Phi) is 4.97. The van der Waals surface area contributed by atoms with Gasteiger partial charge in [-0.1, -0.05) is 11.2 Å². The molecule has 0 radical (unpaired) electrons. The van der Waals surface area contributed by atoms with Crippen LogP contribution in [0.15, 0.2) is 28.9 Å². The Morgan fingerprint density at radius 1 is 1.48 bits per heavy atom. The third-order valence-electron chi connectivity index (χ3n) is 4.05. The van der Waals surface area contributed by atoms with Gasteiger partial charge in [0.15, 0.2) is 0 Å². The average molecular weight is 315 g/mol. The molecule has 0 aliphatic carbocycles. The van der Waals surface area contributed by atoms with Crippen molar-refractivity contribution in [3.05, 3.63) is 30.3 Å². The molecule has 3 heterocycles. The molecule has 1 aliphatic rings. The van der Waals surface area contributed by atoms with Gasteiger partial charge < -0.3 is 14.7 Å². The molecule has 0 spiro atoms. The zero-order chi connectivity index (χ0) is 16.1. The van der Waals surface area contributed by atoms with Crippen LogP contribution in [-0.2, 0) is 11.2 Å². The first-order chi connectivity index (χ1) is 11.3. The lowest BCUT2D eigenvalue weighted by atomic mass is 10.2. The fourth-order valence-corrected chi connectivity index (χ4v) is 2.92. The van der Waals surface area contributed by atoms with Crippen LogP contribution in [-0.4, -0.2) is 52.1 Å². The standard InChI is InChI=1S/C16H21N5O2/c1-17-11-12-5-4-10-21(12)15(22)8-7-14-19-16(20-23-14)13-6-2-3-9-18-13/h2-3,6,9,12,17H,4-5,7-8,10-11H2,1H3. The molecular formula is C16H21N5O2. The summed E-state index contributed by atoms with van der Waals surface area (Å²) >= 11 is 0. The van der Waals surface area contributed by atoms with Gasteiger partial charge >= 0.3 is 0 Å². The minimum atomic E-state index is 0.153. The second-order valence-electron chi connectivity index (χ2n) is 5.67. The number of amides is 1. The Bertz CT molecular complexity index is 643. The van der Waals surface area contributed by atoms with Crippen molar-refractivity contribution in [2.75, 3.05) is 20.1 Å². The first-order valence-electron chi connectivity index (χ1n) is 7.96. The Labute approximate surface area is 135 Å². The summed E-state index contributed by atoms with van der Waals surface area (Å²) in [5.74, 6) is 1.09. The van der Waals surface area contributed by atoms with Crippen molar-refractivity contribution in [1.82, 2.24) is 25.3 Å². The Morgan fingerprint density at radius 2 is 2.39 bits per heavy atom. The molecule has 2 aromatic rings. The summed E-state index contributed by atoms with van der Waals surface area (Å²) in [6.07, 6.45) is 4.68. The van der Waals surface area contributed by atoms with Crippen molar-refractivity contribution in [2.24, 2.45) is 0 Å². The van der Waals surface area contributed by atoms with Crippen LogP contribution in [0, 0.1) is 0 Å². The Hall–Kier alpha value is -2.28. The van der Waals surface area contributed by atoms with E-state index in [0.717, 1.165) is 25.9 Å². The van der Waals surface area contributed by atoms with Gasteiger partial charge in [0.2, 0.25) is 17.6 Å². The minimum Gasteiger partial charge on any atom is -0.339 e. The number of hydrogen-bond acceptors (Lipinski definition) is 6. The summed E-state index contributed by atoms with van der Waals surface area (Å²) in [6.45, 7) is 1.68. The topological polar surface area (TPSA) is 84.2 Å². The normalized spacial score (nSPS) is 17.6.